The van der Waals surface area contributed by atoms with Crippen molar-refractivity contribution in [2.24, 2.45) is 5.92 Å². The number of nitriles is 1. The molecule has 1 aromatic carbocycles. The number of amides is 1. The lowest BCUT2D eigenvalue weighted by Crippen LogP contribution is -2.52. The highest BCUT2D eigenvalue weighted by atomic mass is 32.2. The number of carbonyl (C=O) groups excluding carboxylic acids is 1. The van der Waals surface area contributed by atoms with Crippen molar-refractivity contribution < 1.29 is 13.2 Å². The smallest absolute Gasteiger partial charge is 0.253 e. The minimum atomic E-state index is -3.59. The standard InChI is InChI=1S/C22H32N4O3S/c1-17(2)20(16-23)24-11-13-25(14-12-24)22(27)19-8-7-18(3)21(15-19)30(28,29)26-9-5-4-6-10-26/h7-8,15,17,20H,4-6,9-14H2,1-3H3. The molecular formula is C22H32N4O3S. The molecule has 1 aromatic rings. The predicted molar refractivity (Wildman–Crippen MR) is 116 cm³/mol. The number of rotatable bonds is 5. The van der Waals surface area contributed by atoms with E-state index in [0.717, 1.165) is 19.3 Å². The van der Waals surface area contributed by atoms with Gasteiger partial charge >= 0.3 is 0 Å². The molecule has 3 rings (SSSR count). The summed E-state index contributed by atoms with van der Waals surface area (Å²) in [5.74, 6) is 0.0831. The second-order valence-corrected chi connectivity index (χ2v) is 10.5. The molecule has 164 valence electrons. The van der Waals surface area contributed by atoms with Crippen molar-refractivity contribution in [1.82, 2.24) is 14.1 Å². The van der Waals surface area contributed by atoms with E-state index in [1.807, 2.05) is 13.8 Å². The summed E-state index contributed by atoms with van der Waals surface area (Å²) in [6.07, 6.45) is 2.81. The van der Waals surface area contributed by atoms with E-state index in [9.17, 15) is 18.5 Å². The molecule has 7 nitrogen and oxygen atoms in total. The zero-order chi connectivity index (χ0) is 21.9. The van der Waals surface area contributed by atoms with E-state index in [1.165, 1.54) is 0 Å². The Hall–Kier alpha value is -1.95. The predicted octanol–water partition coefficient (Wildman–Crippen LogP) is 2.48. The molecule has 2 heterocycles. The number of aryl methyl sites for hydroxylation is 1. The van der Waals surface area contributed by atoms with Crippen molar-refractivity contribution in [3.63, 3.8) is 0 Å². The molecule has 30 heavy (non-hydrogen) atoms. The molecule has 1 unspecified atom stereocenters. The van der Waals surface area contributed by atoms with Crippen molar-refractivity contribution in [1.29, 1.82) is 5.26 Å². The molecule has 0 aliphatic carbocycles. The number of hydrogen-bond donors (Lipinski definition) is 0. The lowest BCUT2D eigenvalue weighted by atomic mass is 10.0. The highest BCUT2D eigenvalue weighted by Gasteiger charge is 2.31. The number of nitrogens with zero attached hydrogens (tertiary/aromatic N) is 4. The largest absolute Gasteiger partial charge is 0.336 e. The van der Waals surface area contributed by atoms with Crippen molar-refractivity contribution >= 4 is 15.9 Å². The lowest BCUT2D eigenvalue weighted by Gasteiger charge is -2.38. The highest BCUT2D eigenvalue weighted by Crippen LogP contribution is 2.25. The summed E-state index contributed by atoms with van der Waals surface area (Å²) in [6, 6.07) is 7.19. The maximum atomic E-state index is 13.1. The van der Waals surface area contributed by atoms with Crippen LogP contribution in [0.25, 0.3) is 0 Å². The van der Waals surface area contributed by atoms with Gasteiger partial charge in [-0.15, -0.1) is 0 Å². The van der Waals surface area contributed by atoms with Crippen molar-refractivity contribution in [2.45, 2.75) is 51.0 Å². The van der Waals surface area contributed by atoms with Crippen molar-refractivity contribution in [2.75, 3.05) is 39.3 Å². The van der Waals surface area contributed by atoms with E-state index in [2.05, 4.69) is 11.0 Å². The van der Waals surface area contributed by atoms with Crippen LogP contribution in [0.3, 0.4) is 0 Å². The molecule has 1 atom stereocenters. The monoisotopic (exact) mass is 432 g/mol. The molecule has 2 saturated heterocycles. The Morgan fingerprint density at radius 3 is 2.23 bits per heavy atom. The van der Waals surface area contributed by atoms with E-state index in [0.29, 0.717) is 50.4 Å². The summed E-state index contributed by atoms with van der Waals surface area (Å²) in [5, 5.41) is 9.41. The molecule has 8 heteroatoms. The summed E-state index contributed by atoms with van der Waals surface area (Å²) >= 11 is 0. The average molecular weight is 433 g/mol. The van der Waals surface area contributed by atoms with Crippen LogP contribution in [-0.4, -0.2) is 73.7 Å². The van der Waals surface area contributed by atoms with Gasteiger partial charge in [0.1, 0.15) is 6.04 Å². The van der Waals surface area contributed by atoms with Gasteiger partial charge in [0, 0.05) is 44.8 Å². The fourth-order valence-electron chi connectivity index (χ4n) is 4.29. The normalized spacial score (nSPS) is 20.2. The molecule has 0 aromatic heterocycles. The van der Waals surface area contributed by atoms with Gasteiger partial charge in [-0.1, -0.05) is 26.3 Å². The first kappa shape index (κ1) is 22.7. The Kier molecular flexibility index (Phi) is 7.17. The molecule has 2 aliphatic heterocycles. The fraction of sp³-hybridized carbons (Fsp3) is 0.636. The van der Waals surface area contributed by atoms with Gasteiger partial charge in [0.25, 0.3) is 5.91 Å². The summed E-state index contributed by atoms with van der Waals surface area (Å²) in [5.41, 5.74) is 1.07. The molecule has 2 aliphatic rings. The first-order chi connectivity index (χ1) is 14.3. The van der Waals surface area contributed by atoms with Gasteiger partial charge in [0.15, 0.2) is 0 Å². The quantitative estimate of drug-likeness (QED) is 0.714. The van der Waals surface area contributed by atoms with Crippen molar-refractivity contribution in [3.8, 4) is 6.07 Å². The Labute approximate surface area is 180 Å². The average Bonchev–Trinajstić information content (AvgIpc) is 2.75. The van der Waals surface area contributed by atoms with Gasteiger partial charge in [-0.05, 0) is 43.4 Å². The van der Waals surface area contributed by atoms with Crippen LogP contribution in [0.15, 0.2) is 23.1 Å². The van der Waals surface area contributed by atoms with Gasteiger partial charge < -0.3 is 4.90 Å². The second kappa shape index (κ2) is 9.46. The SMILES string of the molecule is Cc1ccc(C(=O)N2CCN(C(C#N)C(C)C)CC2)cc1S(=O)(=O)N1CCCCC1. The zero-order valence-corrected chi connectivity index (χ0v) is 19.0. The third-order valence-corrected chi connectivity index (χ3v) is 8.17. The maximum Gasteiger partial charge on any atom is 0.253 e. The number of benzene rings is 1. The third kappa shape index (κ3) is 4.69. The van der Waals surface area contributed by atoms with Crippen molar-refractivity contribution in [3.05, 3.63) is 29.3 Å². The maximum absolute atomic E-state index is 13.1. The molecular weight excluding hydrogens is 400 g/mol. The summed E-state index contributed by atoms with van der Waals surface area (Å²) in [4.78, 5) is 17.2. The van der Waals surface area contributed by atoms with Gasteiger partial charge in [-0.3, -0.25) is 9.69 Å². The Morgan fingerprint density at radius 1 is 1.03 bits per heavy atom. The van der Waals surface area contributed by atoms with E-state index >= 15 is 0 Å². The van der Waals surface area contributed by atoms with Gasteiger partial charge in [-0.25, -0.2) is 8.42 Å². The van der Waals surface area contributed by atoms with Crippen LogP contribution in [0.2, 0.25) is 0 Å². The molecule has 0 bridgehead atoms. The number of piperazine rings is 1. The number of sulfonamides is 1. The topological polar surface area (TPSA) is 84.7 Å². The lowest BCUT2D eigenvalue weighted by molar-refractivity contribution is 0.0576. The molecule has 0 saturated carbocycles. The molecule has 0 N–H and O–H groups in total. The van der Waals surface area contributed by atoms with E-state index in [4.69, 9.17) is 0 Å². The summed E-state index contributed by atoms with van der Waals surface area (Å²) in [6.45, 7) is 9.27. The molecule has 0 spiro atoms. The van der Waals surface area contributed by atoms with E-state index in [1.54, 1.807) is 34.3 Å². The Balaban J connectivity index is 1.75. The second-order valence-electron chi connectivity index (χ2n) is 8.59. The Bertz CT molecular complexity index is 909. The summed E-state index contributed by atoms with van der Waals surface area (Å²) in [7, 11) is -3.59. The van der Waals surface area contributed by atoms with Crippen LogP contribution in [0.4, 0.5) is 0 Å². The first-order valence-corrected chi connectivity index (χ1v) is 12.2. The number of carbonyl (C=O) groups is 1. The number of piperidine rings is 1. The molecule has 0 radical (unpaired) electrons. The Morgan fingerprint density at radius 2 is 1.67 bits per heavy atom. The molecule has 2 fully saturated rings. The van der Waals surface area contributed by atoms with E-state index in [-0.39, 0.29) is 22.8 Å². The van der Waals surface area contributed by atoms with Crippen LogP contribution in [0.1, 0.15) is 49.0 Å². The van der Waals surface area contributed by atoms with Crippen LogP contribution >= 0.6 is 0 Å². The van der Waals surface area contributed by atoms with Gasteiger partial charge in [0.05, 0.1) is 11.0 Å². The number of hydrogen-bond acceptors (Lipinski definition) is 5. The minimum Gasteiger partial charge on any atom is -0.336 e. The minimum absolute atomic E-state index is 0.150. The van der Waals surface area contributed by atoms with Gasteiger partial charge in [0.2, 0.25) is 10.0 Å². The van der Waals surface area contributed by atoms with Crippen LogP contribution in [0.5, 0.6) is 0 Å². The third-order valence-electron chi connectivity index (χ3n) is 6.13. The van der Waals surface area contributed by atoms with E-state index < -0.39 is 10.0 Å². The summed E-state index contributed by atoms with van der Waals surface area (Å²) < 4.78 is 27.8. The zero-order valence-electron chi connectivity index (χ0n) is 18.2. The van der Waals surface area contributed by atoms with Crippen LogP contribution < -0.4 is 0 Å². The molecule has 1 amide bonds. The van der Waals surface area contributed by atoms with Crippen LogP contribution in [0, 0.1) is 24.2 Å². The highest BCUT2D eigenvalue weighted by molar-refractivity contribution is 7.89. The fourth-order valence-corrected chi connectivity index (χ4v) is 6.06. The van der Waals surface area contributed by atoms with Crippen LogP contribution in [-0.2, 0) is 10.0 Å². The first-order valence-electron chi connectivity index (χ1n) is 10.8. The van der Waals surface area contributed by atoms with Gasteiger partial charge in [-0.2, -0.15) is 9.57 Å².